The lowest BCUT2D eigenvalue weighted by atomic mass is 9.82. The number of pyridine rings is 1. The molecule has 2 heterocycles. The molecule has 226 valence electrons. The molecular formula is C33H34F3N3O4. The smallest absolute Gasteiger partial charge is 0.419 e. The van der Waals surface area contributed by atoms with Crippen LogP contribution in [-0.4, -0.2) is 32.6 Å². The summed E-state index contributed by atoms with van der Waals surface area (Å²) in [6, 6.07) is 13.0. The van der Waals surface area contributed by atoms with Crippen LogP contribution in [-0.2, 0) is 17.5 Å². The van der Waals surface area contributed by atoms with E-state index in [2.05, 4.69) is 11.9 Å². The van der Waals surface area contributed by atoms with Gasteiger partial charge in [0.25, 0.3) is 0 Å². The Morgan fingerprint density at radius 2 is 1.81 bits per heavy atom. The van der Waals surface area contributed by atoms with Gasteiger partial charge in [-0.25, -0.2) is 9.78 Å². The van der Waals surface area contributed by atoms with Gasteiger partial charge in [-0.3, -0.25) is 4.79 Å². The molecule has 10 heteroatoms. The molecule has 1 amide bonds. The number of carboxylic acids is 1. The van der Waals surface area contributed by atoms with Gasteiger partial charge in [-0.15, -0.1) is 0 Å². The topological polar surface area (TPSA) is 84.7 Å². The molecule has 0 radical (unpaired) electrons. The highest BCUT2D eigenvalue weighted by Crippen LogP contribution is 2.40. The van der Waals surface area contributed by atoms with Crippen LogP contribution in [0.25, 0.3) is 11.0 Å². The summed E-state index contributed by atoms with van der Waals surface area (Å²) >= 11 is 0. The number of nitrogens with zero attached hydrogens (tertiary/aromatic N) is 3. The van der Waals surface area contributed by atoms with E-state index in [0.717, 1.165) is 37.1 Å². The molecule has 1 N–H and O–H groups in total. The maximum Gasteiger partial charge on any atom is 0.419 e. The van der Waals surface area contributed by atoms with Crippen LogP contribution in [0.3, 0.4) is 0 Å². The molecule has 1 fully saturated rings. The number of hydrogen-bond acceptors (Lipinski definition) is 4. The standard InChI is InChI=1S/C33H34F3N3O4/c1-20(2)39(31(40)24-9-6-21(3)7-10-24)28-12-11-25(18-26(28)32(41)42)43-29-13-8-22(17-27(29)33(34,35)36)19-38-16-14-23-5-4-15-37-30(23)38/h4-5,8,11-18,20-21,24H,6-7,9-10,19H2,1-3H3,(H,41,42). The van der Waals surface area contributed by atoms with Crippen molar-refractivity contribution in [3.8, 4) is 11.5 Å². The van der Waals surface area contributed by atoms with Crippen LogP contribution in [0.15, 0.2) is 67.0 Å². The van der Waals surface area contributed by atoms with Gasteiger partial charge in [0.15, 0.2) is 0 Å². The molecule has 1 aliphatic rings. The molecule has 2 aromatic heterocycles. The third-order valence-corrected chi connectivity index (χ3v) is 8.03. The minimum Gasteiger partial charge on any atom is -0.478 e. The number of ether oxygens (including phenoxy) is 1. The predicted octanol–water partition coefficient (Wildman–Crippen LogP) is 8.16. The van der Waals surface area contributed by atoms with Crippen LogP contribution in [0.2, 0.25) is 0 Å². The van der Waals surface area contributed by atoms with Gasteiger partial charge >= 0.3 is 12.1 Å². The number of carboxylic acid groups (broad SMARTS) is 1. The van der Waals surface area contributed by atoms with Crippen LogP contribution in [0.5, 0.6) is 11.5 Å². The van der Waals surface area contributed by atoms with Gasteiger partial charge in [0, 0.05) is 36.3 Å². The van der Waals surface area contributed by atoms with Crippen LogP contribution < -0.4 is 9.64 Å². The fraction of sp³-hybridized carbons (Fsp3) is 0.364. The molecule has 0 unspecified atom stereocenters. The molecule has 0 aliphatic heterocycles. The van der Waals surface area contributed by atoms with Gasteiger partial charge in [0.1, 0.15) is 17.1 Å². The summed E-state index contributed by atoms with van der Waals surface area (Å²) in [6.07, 6.45) is 2.00. The molecule has 1 aliphatic carbocycles. The maximum absolute atomic E-state index is 14.2. The third kappa shape index (κ3) is 6.53. The number of aromatic carboxylic acids is 1. The van der Waals surface area contributed by atoms with E-state index in [1.54, 1.807) is 23.0 Å². The molecule has 0 spiro atoms. The zero-order chi connectivity index (χ0) is 30.9. The van der Waals surface area contributed by atoms with Crippen molar-refractivity contribution in [1.82, 2.24) is 9.55 Å². The van der Waals surface area contributed by atoms with Gasteiger partial charge in [0.05, 0.1) is 16.8 Å². The molecule has 0 bridgehead atoms. The number of halogens is 3. The largest absolute Gasteiger partial charge is 0.478 e. The summed E-state index contributed by atoms with van der Waals surface area (Å²) < 4.78 is 50.0. The van der Waals surface area contributed by atoms with E-state index in [4.69, 9.17) is 4.74 Å². The number of benzene rings is 2. The zero-order valence-electron chi connectivity index (χ0n) is 24.3. The monoisotopic (exact) mass is 593 g/mol. The van der Waals surface area contributed by atoms with Crippen molar-refractivity contribution in [3.05, 3.63) is 83.7 Å². The Morgan fingerprint density at radius 3 is 2.49 bits per heavy atom. The minimum atomic E-state index is -4.73. The highest BCUT2D eigenvalue weighted by Gasteiger charge is 2.36. The van der Waals surface area contributed by atoms with Gasteiger partial charge in [0.2, 0.25) is 5.91 Å². The van der Waals surface area contributed by atoms with E-state index in [-0.39, 0.29) is 41.4 Å². The van der Waals surface area contributed by atoms with Crippen LogP contribution in [0, 0.1) is 11.8 Å². The number of carbonyl (C=O) groups excluding carboxylic acids is 1. The Labute approximate surface area is 247 Å². The lowest BCUT2D eigenvalue weighted by Gasteiger charge is -2.34. The van der Waals surface area contributed by atoms with E-state index >= 15 is 0 Å². The fourth-order valence-electron chi connectivity index (χ4n) is 5.77. The highest BCUT2D eigenvalue weighted by atomic mass is 19.4. The molecule has 0 saturated heterocycles. The summed E-state index contributed by atoms with van der Waals surface area (Å²) in [4.78, 5) is 31.7. The first-order valence-corrected chi connectivity index (χ1v) is 14.4. The summed E-state index contributed by atoms with van der Waals surface area (Å²) in [7, 11) is 0. The predicted molar refractivity (Wildman–Crippen MR) is 157 cm³/mol. The summed E-state index contributed by atoms with van der Waals surface area (Å²) in [5.41, 5.74) is 0.0384. The molecule has 4 aromatic rings. The number of aromatic nitrogens is 2. The Morgan fingerprint density at radius 1 is 1.07 bits per heavy atom. The van der Waals surface area contributed by atoms with E-state index in [1.165, 1.54) is 35.2 Å². The molecule has 5 rings (SSSR count). The average molecular weight is 594 g/mol. The first-order chi connectivity index (χ1) is 20.4. The number of amides is 1. The van der Waals surface area contributed by atoms with Crippen molar-refractivity contribution >= 4 is 28.6 Å². The van der Waals surface area contributed by atoms with E-state index < -0.39 is 23.5 Å². The quantitative estimate of drug-likeness (QED) is 0.223. The Balaban J connectivity index is 1.44. The van der Waals surface area contributed by atoms with Crippen molar-refractivity contribution in [2.75, 3.05) is 4.90 Å². The van der Waals surface area contributed by atoms with Crippen molar-refractivity contribution in [1.29, 1.82) is 0 Å². The average Bonchev–Trinajstić information content (AvgIpc) is 3.36. The first-order valence-electron chi connectivity index (χ1n) is 14.4. The van der Waals surface area contributed by atoms with Crippen molar-refractivity contribution in [2.45, 2.75) is 65.2 Å². The minimum absolute atomic E-state index is 0.0809. The SMILES string of the molecule is CC1CCC(C(=O)N(c2ccc(Oc3ccc(Cn4ccc5cccnc54)cc3C(F)(F)F)cc2C(=O)O)C(C)C)CC1. The molecular weight excluding hydrogens is 559 g/mol. The third-order valence-electron chi connectivity index (χ3n) is 8.03. The molecule has 43 heavy (non-hydrogen) atoms. The Kier molecular flexibility index (Phi) is 8.48. The van der Waals surface area contributed by atoms with Crippen LogP contribution in [0.4, 0.5) is 18.9 Å². The highest BCUT2D eigenvalue weighted by molar-refractivity contribution is 6.03. The number of fused-ring (bicyclic) bond motifs is 1. The zero-order valence-corrected chi connectivity index (χ0v) is 24.3. The van der Waals surface area contributed by atoms with Crippen molar-refractivity contribution < 1.29 is 32.6 Å². The van der Waals surface area contributed by atoms with E-state index in [0.29, 0.717) is 17.1 Å². The Bertz CT molecular complexity index is 1640. The number of rotatable bonds is 8. The number of hydrogen-bond donors (Lipinski definition) is 1. The van der Waals surface area contributed by atoms with Crippen molar-refractivity contribution in [2.24, 2.45) is 11.8 Å². The fourth-order valence-corrected chi connectivity index (χ4v) is 5.77. The van der Waals surface area contributed by atoms with Gasteiger partial charge in [-0.05, 0) is 99.5 Å². The second kappa shape index (κ2) is 12.1. The molecule has 1 saturated carbocycles. The van der Waals surface area contributed by atoms with Gasteiger partial charge in [-0.2, -0.15) is 13.2 Å². The lowest BCUT2D eigenvalue weighted by Crippen LogP contribution is -2.42. The Hall–Kier alpha value is -4.34. The van der Waals surface area contributed by atoms with Crippen LogP contribution >= 0.6 is 0 Å². The second-order valence-electron chi connectivity index (χ2n) is 11.5. The lowest BCUT2D eigenvalue weighted by molar-refractivity contribution is -0.138. The summed E-state index contributed by atoms with van der Waals surface area (Å²) in [5, 5.41) is 10.9. The number of alkyl halides is 3. The van der Waals surface area contributed by atoms with E-state index in [1.807, 2.05) is 26.0 Å². The maximum atomic E-state index is 14.2. The molecule has 0 atom stereocenters. The molecule has 7 nitrogen and oxygen atoms in total. The van der Waals surface area contributed by atoms with Gasteiger partial charge in [-0.1, -0.05) is 13.0 Å². The summed E-state index contributed by atoms with van der Waals surface area (Å²) in [6.45, 7) is 5.94. The molecule has 2 aromatic carbocycles. The normalized spacial score (nSPS) is 17.3. The second-order valence-corrected chi connectivity index (χ2v) is 11.5. The van der Waals surface area contributed by atoms with Gasteiger partial charge < -0.3 is 19.3 Å². The van der Waals surface area contributed by atoms with Crippen molar-refractivity contribution in [3.63, 3.8) is 0 Å². The number of carbonyl (C=O) groups is 2. The number of anilines is 1. The first kappa shape index (κ1) is 30.1. The summed E-state index contributed by atoms with van der Waals surface area (Å²) in [5.74, 6) is -1.64. The van der Waals surface area contributed by atoms with Crippen LogP contribution in [0.1, 0.15) is 67.9 Å². The van der Waals surface area contributed by atoms with E-state index in [9.17, 15) is 27.9 Å².